The van der Waals surface area contributed by atoms with E-state index in [9.17, 15) is 0 Å². The lowest BCUT2D eigenvalue weighted by Gasteiger charge is -2.28. The number of nitrogens with zero attached hydrogens (tertiary/aromatic N) is 3. The molecular weight excluding hydrogens is 226 g/mol. The molecule has 2 N–H and O–H groups in total. The van der Waals surface area contributed by atoms with Gasteiger partial charge in [0.15, 0.2) is 0 Å². The van der Waals surface area contributed by atoms with E-state index in [-0.39, 0.29) is 0 Å². The van der Waals surface area contributed by atoms with Crippen LogP contribution in [0.4, 0.5) is 5.82 Å². The van der Waals surface area contributed by atoms with Gasteiger partial charge in [-0.15, -0.1) is 0 Å². The zero-order chi connectivity index (χ0) is 12.5. The molecule has 1 fully saturated rings. The lowest BCUT2D eigenvalue weighted by molar-refractivity contribution is 0.398. The topological polar surface area (TPSA) is 54.8 Å². The molecule has 0 spiro atoms. The maximum absolute atomic E-state index is 4.37. The normalized spacial score (nSPS) is 24.3. The van der Waals surface area contributed by atoms with Gasteiger partial charge in [0.1, 0.15) is 17.8 Å². The summed E-state index contributed by atoms with van der Waals surface area (Å²) in [6.45, 7) is 3.23. The van der Waals surface area contributed by atoms with E-state index in [1.165, 1.54) is 12.8 Å². The standard InChI is InChI=1S/C13H19N5/c1-9-3-4-10(7-14-9)17-12-11-5-6-18(2)13(11)16-8-15-12/h5-6,8-10,14H,3-4,7H2,1-2H3,(H,15,16,17)/t9-,10-/m0/s1. The minimum Gasteiger partial charge on any atom is -0.365 e. The van der Waals surface area contributed by atoms with Crippen LogP contribution in [0.3, 0.4) is 0 Å². The minimum atomic E-state index is 0.458. The zero-order valence-corrected chi connectivity index (χ0v) is 10.8. The number of fused-ring (bicyclic) bond motifs is 1. The summed E-state index contributed by atoms with van der Waals surface area (Å²) >= 11 is 0. The molecule has 0 amide bonds. The maximum Gasteiger partial charge on any atom is 0.145 e. The fourth-order valence-electron chi connectivity index (χ4n) is 2.51. The Morgan fingerprint density at radius 3 is 3.06 bits per heavy atom. The van der Waals surface area contributed by atoms with Gasteiger partial charge in [0.2, 0.25) is 0 Å². The Kier molecular flexibility index (Phi) is 2.91. The molecule has 3 rings (SSSR count). The third kappa shape index (κ3) is 2.06. The van der Waals surface area contributed by atoms with Crippen LogP contribution < -0.4 is 10.6 Å². The zero-order valence-electron chi connectivity index (χ0n) is 10.8. The third-order valence-electron chi connectivity index (χ3n) is 3.66. The van der Waals surface area contributed by atoms with Crippen molar-refractivity contribution in [2.75, 3.05) is 11.9 Å². The number of hydrogen-bond donors (Lipinski definition) is 2. The molecule has 1 aliphatic heterocycles. The minimum absolute atomic E-state index is 0.458. The number of anilines is 1. The highest BCUT2D eigenvalue weighted by Crippen LogP contribution is 2.21. The second-order valence-corrected chi connectivity index (χ2v) is 5.11. The number of hydrogen-bond acceptors (Lipinski definition) is 4. The Hall–Kier alpha value is -1.62. The number of rotatable bonds is 2. The lowest BCUT2D eigenvalue weighted by atomic mass is 10.0. The van der Waals surface area contributed by atoms with Crippen LogP contribution in [-0.2, 0) is 7.05 Å². The van der Waals surface area contributed by atoms with Crippen molar-refractivity contribution < 1.29 is 0 Å². The van der Waals surface area contributed by atoms with E-state index in [4.69, 9.17) is 0 Å². The first-order valence-corrected chi connectivity index (χ1v) is 6.50. The summed E-state index contributed by atoms with van der Waals surface area (Å²) < 4.78 is 2.02. The van der Waals surface area contributed by atoms with E-state index >= 15 is 0 Å². The maximum atomic E-state index is 4.37. The van der Waals surface area contributed by atoms with Gasteiger partial charge in [-0.25, -0.2) is 9.97 Å². The Labute approximate surface area is 107 Å². The molecule has 2 aromatic rings. The van der Waals surface area contributed by atoms with Gasteiger partial charge in [-0.3, -0.25) is 0 Å². The van der Waals surface area contributed by atoms with Crippen LogP contribution in [0, 0.1) is 0 Å². The van der Waals surface area contributed by atoms with E-state index < -0.39 is 0 Å². The molecule has 2 atom stereocenters. The summed E-state index contributed by atoms with van der Waals surface area (Å²) in [6, 6.07) is 3.15. The van der Waals surface area contributed by atoms with E-state index in [2.05, 4.69) is 33.6 Å². The van der Waals surface area contributed by atoms with Crippen LogP contribution in [0.2, 0.25) is 0 Å². The molecule has 0 aliphatic carbocycles. The number of nitrogens with one attached hydrogen (secondary N) is 2. The van der Waals surface area contributed by atoms with E-state index in [1.54, 1.807) is 6.33 Å². The molecule has 5 nitrogen and oxygen atoms in total. The molecule has 0 bridgehead atoms. The van der Waals surface area contributed by atoms with Crippen molar-refractivity contribution in [3.8, 4) is 0 Å². The smallest absolute Gasteiger partial charge is 0.145 e. The van der Waals surface area contributed by atoms with Gasteiger partial charge in [-0.05, 0) is 25.8 Å². The number of aromatic nitrogens is 3. The summed E-state index contributed by atoms with van der Waals surface area (Å²) in [5.41, 5.74) is 0.977. The van der Waals surface area contributed by atoms with Crippen LogP contribution >= 0.6 is 0 Å². The second kappa shape index (κ2) is 4.57. The molecule has 96 valence electrons. The fourth-order valence-corrected chi connectivity index (χ4v) is 2.51. The number of aryl methyl sites for hydroxylation is 1. The predicted octanol–water partition coefficient (Wildman–Crippen LogP) is 1.52. The Morgan fingerprint density at radius 1 is 1.39 bits per heavy atom. The molecule has 0 aromatic carbocycles. The number of piperidine rings is 1. The van der Waals surface area contributed by atoms with Gasteiger partial charge < -0.3 is 15.2 Å². The Balaban J connectivity index is 1.82. The Morgan fingerprint density at radius 2 is 2.28 bits per heavy atom. The first-order valence-electron chi connectivity index (χ1n) is 6.50. The molecule has 18 heavy (non-hydrogen) atoms. The fraction of sp³-hybridized carbons (Fsp3) is 0.538. The monoisotopic (exact) mass is 245 g/mol. The SMILES string of the molecule is C[C@H]1CC[C@H](Nc2ncnc3c2ccn3C)CN1. The summed E-state index contributed by atoms with van der Waals surface area (Å²) in [7, 11) is 2.00. The van der Waals surface area contributed by atoms with Gasteiger partial charge >= 0.3 is 0 Å². The molecular formula is C13H19N5. The van der Waals surface area contributed by atoms with Crippen LogP contribution in [0.25, 0.3) is 11.0 Å². The van der Waals surface area contributed by atoms with Crippen molar-refractivity contribution in [1.29, 1.82) is 0 Å². The molecule has 3 heterocycles. The van der Waals surface area contributed by atoms with Gasteiger partial charge in [0.05, 0.1) is 5.39 Å². The van der Waals surface area contributed by atoms with Gasteiger partial charge in [-0.2, -0.15) is 0 Å². The highest BCUT2D eigenvalue weighted by molar-refractivity contribution is 5.87. The van der Waals surface area contributed by atoms with Crippen molar-refractivity contribution in [3.63, 3.8) is 0 Å². The van der Waals surface area contributed by atoms with E-state index in [1.807, 2.05) is 17.8 Å². The predicted molar refractivity (Wildman–Crippen MR) is 72.6 cm³/mol. The largest absolute Gasteiger partial charge is 0.365 e. The quantitative estimate of drug-likeness (QED) is 0.842. The molecule has 0 radical (unpaired) electrons. The van der Waals surface area contributed by atoms with E-state index in [0.29, 0.717) is 12.1 Å². The molecule has 1 saturated heterocycles. The summed E-state index contributed by atoms with van der Waals surface area (Å²) in [5.74, 6) is 0.946. The van der Waals surface area contributed by atoms with Crippen molar-refractivity contribution in [3.05, 3.63) is 18.6 Å². The van der Waals surface area contributed by atoms with Crippen molar-refractivity contribution in [2.45, 2.75) is 31.8 Å². The highest BCUT2D eigenvalue weighted by atomic mass is 15.1. The average Bonchev–Trinajstić information content (AvgIpc) is 2.76. The van der Waals surface area contributed by atoms with Crippen molar-refractivity contribution in [2.24, 2.45) is 7.05 Å². The second-order valence-electron chi connectivity index (χ2n) is 5.11. The van der Waals surface area contributed by atoms with Gasteiger partial charge in [0, 0.05) is 31.9 Å². The van der Waals surface area contributed by atoms with Gasteiger partial charge in [-0.1, -0.05) is 0 Å². The molecule has 1 aliphatic rings. The van der Waals surface area contributed by atoms with Crippen LogP contribution in [0.1, 0.15) is 19.8 Å². The summed E-state index contributed by atoms with van der Waals surface area (Å²) in [6.07, 6.45) is 6.04. The Bertz CT molecular complexity index is 539. The van der Waals surface area contributed by atoms with Crippen molar-refractivity contribution in [1.82, 2.24) is 19.9 Å². The molecule has 0 saturated carbocycles. The van der Waals surface area contributed by atoms with Crippen LogP contribution in [-0.4, -0.2) is 33.2 Å². The summed E-state index contributed by atoms with van der Waals surface area (Å²) in [5, 5.41) is 8.12. The van der Waals surface area contributed by atoms with Crippen molar-refractivity contribution >= 4 is 16.9 Å². The molecule has 0 unspecified atom stereocenters. The first-order chi connectivity index (χ1) is 8.74. The van der Waals surface area contributed by atoms with Crippen LogP contribution in [0.15, 0.2) is 18.6 Å². The average molecular weight is 245 g/mol. The third-order valence-corrected chi connectivity index (χ3v) is 3.66. The first kappa shape index (κ1) is 11.5. The van der Waals surface area contributed by atoms with E-state index in [0.717, 1.165) is 23.4 Å². The highest BCUT2D eigenvalue weighted by Gasteiger charge is 2.18. The lowest BCUT2D eigenvalue weighted by Crippen LogP contribution is -2.43. The molecule has 2 aromatic heterocycles. The van der Waals surface area contributed by atoms with Gasteiger partial charge in [0.25, 0.3) is 0 Å². The molecule has 5 heteroatoms. The summed E-state index contributed by atoms with van der Waals surface area (Å²) in [4.78, 5) is 8.67. The van der Waals surface area contributed by atoms with Crippen LogP contribution in [0.5, 0.6) is 0 Å².